The number of hydrogen-bond acceptors (Lipinski definition) is 4. The first-order valence-electron chi connectivity index (χ1n) is 5.92. The monoisotopic (exact) mass is 280 g/mol. The van der Waals surface area contributed by atoms with Crippen LogP contribution in [-0.2, 0) is 9.59 Å². The lowest BCUT2D eigenvalue weighted by molar-refractivity contribution is -0.142. The molecule has 0 unspecified atom stereocenters. The molecule has 0 fully saturated rings. The molecule has 1 aromatic carbocycles. The molecule has 1 aromatic rings. The number of nitrogens with one attached hydrogen (secondary N) is 2. The number of hydrogen-bond donors (Lipinski definition) is 4. The van der Waals surface area contributed by atoms with Crippen LogP contribution in [0.5, 0.6) is 0 Å². The third-order valence-electron chi connectivity index (χ3n) is 2.54. The number of aryl methyl sites for hydroxylation is 1. The van der Waals surface area contributed by atoms with Gasteiger partial charge in [-0.3, -0.25) is 9.59 Å². The van der Waals surface area contributed by atoms with Gasteiger partial charge in [0.15, 0.2) is 0 Å². The normalized spacial score (nSPS) is 11.5. The van der Waals surface area contributed by atoms with Gasteiger partial charge in [-0.15, -0.1) is 0 Å². The smallest absolute Gasteiger partial charge is 0.328 e. The number of aliphatic hydroxyl groups is 1. The summed E-state index contributed by atoms with van der Waals surface area (Å²) in [4.78, 5) is 33.7. The highest BCUT2D eigenvalue weighted by Crippen LogP contribution is 2.02. The van der Waals surface area contributed by atoms with E-state index in [1.165, 1.54) is 0 Å². The van der Waals surface area contributed by atoms with Gasteiger partial charge in [0.05, 0.1) is 13.2 Å². The van der Waals surface area contributed by atoms with Crippen LogP contribution in [0.2, 0.25) is 0 Å². The zero-order chi connectivity index (χ0) is 15.1. The first-order chi connectivity index (χ1) is 9.43. The van der Waals surface area contributed by atoms with Crippen LogP contribution in [0.3, 0.4) is 0 Å². The van der Waals surface area contributed by atoms with Gasteiger partial charge in [-0.1, -0.05) is 17.7 Å². The summed E-state index contributed by atoms with van der Waals surface area (Å²) in [6.07, 6.45) is 0. The number of rotatable bonds is 6. The fourth-order valence-corrected chi connectivity index (χ4v) is 1.40. The van der Waals surface area contributed by atoms with Crippen molar-refractivity contribution in [3.8, 4) is 0 Å². The molecule has 0 aliphatic heterocycles. The highest BCUT2D eigenvalue weighted by Gasteiger charge is 2.18. The quantitative estimate of drug-likeness (QED) is 0.549. The van der Waals surface area contributed by atoms with Crippen molar-refractivity contribution in [2.75, 3.05) is 13.2 Å². The molecule has 0 radical (unpaired) electrons. The van der Waals surface area contributed by atoms with E-state index in [0.29, 0.717) is 5.56 Å². The standard InChI is InChI=1S/C13H16N2O5/c1-8-2-4-9(5-3-8)12(18)14-6-11(17)15-10(7-16)13(19)20/h2-5,10,16H,6-7H2,1H3,(H,14,18)(H,15,17)(H,19,20)/t10-/m0/s1. The number of carboxylic acids is 1. The molecule has 7 nitrogen and oxygen atoms in total. The van der Waals surface area contributed by atoms with E-state index >= 15 is 0 Å². The van der Waals surface area contributed by atoms with Crippen molar-refractivity contribution in [2.45, 2.75) is 13.0 Å². The third-order valence-corrected chi connectivity index (χ3v) is 2.54. The van der Waals surface area contributed by atoms with Crippen molar-refractivity contribution >= 4 is 17.8 Å². The van der Waals surface area contributed by atoms with Crippen molar-refractivity contribution in [3.05, 3.63) is 35.4 Å². The predicted molar refractivity (Wildman–Crippen MR) is 70.2 cm³/mol. The Labute approximate surface area is 115 Å². The van der Waals surface area contributed by atoms with E-state index in [2.05, 4.69) is 10.6 Å². The molecule has 0 aromatic heterocycles. The average molecular weight is 280 g/mol. The first kappa shape index (κ1) is 15.6. The van der Waals surface area contributed by atoms with Gasteiger partial charge in [0.2, 0.25) is 5.91 Å². The largest absolute Gasteiger partial charge is 0.480 e. The molecule has 7 heteroatoms. The molecule has 0 heterocycles. The summed E-state index contributed by atoms with van der Waals surface area (Å²) in [6, 6.07) is 5.40. The maximum Gasteiger partial charge on any atom is 0.328 e. The van der Waals surface area contributed by atoms with Gasteiger partial charge < -0.3 is 20.8 Å². The van der Waals surface area contributed by atoms with Gasteiger partial charge in [-0.2, -0.15) is 0 Å². The summed E-state index contributed by atoms with van der Waals surface area (Å²) in [5.41, 5.74) is 1.41. The molecule has 0 spiro atoms. The Balaban J connectivity index is 2.46. The summed E-state index contributed by atoms with van der Waals surface area (Å²) < 4.78 is 0. The number of aliphatic carboxylic acids is 1. The molecular formula is C13H16N2O5. The summed E-state index contributed by atoms with van der Waals surface area (Å²) in [7, 11) is 0. The van der Waals surface area contributed by atoms with Crippen molar-refractivity contribution in [2.24, 2.45) is 0 Å². The van der Waals surface area contributed by atoms with Crippen molar-refractivity contribution < 1.29 is 24.6 Å². The number of carbonyl (C=O) groups excluding carboxylic acids is 2. The van der Waals surface area contributed by atoms with Crippen LogP contribution in [0.25, 0.3) is 0 Å². The number of amides is 2. The van der Waals surface area contributed by atoms with Crippen LogP contribution in [-0.4, -0.2) is 47.2 Å². The summed E-state index contributed by atoms with van der Waals surface area (Å²) in [5, 5.41) is 21.8. The Kier molecular flexibility index (Phi) is 5.67. The van der Waals surface area contributed by atoms with E-state index < -0.39 is 30.4 Å². The molecule has 0 aliphatic rings. The first-order valence-corrected chi connectivity index (χ1v) is 5.92. The summed E-state index contributed by atoms with van der Waals surface area (Å²) in [5.74, 6) is -2.46. The van der Waals surface area contributed by atoms with Crippen molar-refractivity contribution in [3.63, 3.8) is 0 Å². The Morgan fingerprint density at radius 1 is 1.20 bits per heavy atom. The van der Waals surface area contributed by atoms with Crippen LogP contribution in [0.15, 0.2) is 24.3 Å². The van der Waals surface area contributed by atoms with Gasteiger partial charge in [0.1, 0.15) is 6.04 Å². The van der Waals surface area contributed by atoms with Gasteiger partial charge >= 0.3 is 5.97 Å². The van der Waals surface area contributed by atoms with E-state index in [-0.39, 0.29) is 6.54 Å². The van der Waals surface area contributed by atoms with E-state index in [1.807, 2.05) is 6.92 Å². The molecule has 0 saturated heterocycles. The SMILES string of the molecule is Cc1ccc(C(=O)NCC(=O)N[C@@H](CO)C(=O)O)cc1. The Morgan fingerprint density at radius 3 is 2.30 bits per heavy atom. The van der Waals surface area contributed by atoms with E-state index in [9.17, 15) is 14.4 Å². The van der Waals surface area contributed by atoms with Gasteiger partial charge in [-0.05, 0) is 19.1 Å². The molecule has 0 aliphatic carbocycles. The molecule has 1 atom stereocenters. The minimum absolute atomic E-state index is 0.365. The summed E-state index contributed by atoms with van der Waals surface area (Å²) in [6.45, 7) is 0.805. The van der Waals surface area contributed by atoms with Gasteiger partial charge in [-0.25, -0.2) is 4.79 Å². The molecule has 2 amide bonds. The van der Waals surface area contributed by atoms with Gasteiger partial charge in [0.25, 0.3) is 5.91 Å². The topological polar surface area (TPSA) is 116 Å². The van der Waals surface area contributed by atoms with E-state index in [0.717, 1.165) is 5.56 Å². The van der Waals surface area contributed by atoms with Crippen molar-refractivity contribution in [1.29, 1.82) is 0 Å². The molecular weight excluding hydrogens is 264 g/mol. The van der Waals surface area contributed by atoms with Gasteiger partial charge in [0, 0.05) is 5.56 Å². The minimum atomic E-state index is -1.38. The molecule has 1 rings (SSSR count). The molecule has 20 heavy (non-hydrogen) atoms. The molecule has 108 valence electrons. The fraction of sp³-hybridized carbons (Fsp3) is 0.308. The fourth-order valence-electron chi connectivity index (χ4n) is 1.40. The van der Waals surface area contributed by atoms with Crippen LogP contribution >= 0.6 is 0 Å². The second-order valence-corrected chi connectivity index (χ2v) is 4.19. The van der Waals surface area contributed by atoms with Crippen LogP contribution in [0.1, 0.15) is 15.9 Å². The zero-order valence-corrected chi connectivity index (χ0v) is 10.9. The Hall–Kier alpha value is -2.41. The maximum absolute atomic E-state index is 11.7. The molecule has 0 bridgehead atoms. The van der Waals surface area contributed by atoms with Crippen LogP contribution < -0.4 is 10.6 Å². The number of carboxylic acid groups (broad SMARTS) is 1. The highest BCUT2D eigenvalue weighted by molar-refractivity contribution is 5.96. The maximum atomic E-state index is 11.7. The second-order valence-electron chi connectivity index (χ2n) is 4.19. The average Bonchev–Trinajstić information content (AvgIpc) is 2.42. The zero-order valence-electron chi connectivity index (χ0n) is 10.9. The lowest BCUT2D eigenvalue weighted by Gasteiger charge is -2.12. The lowest BCUT2D eigenvalue weighted by atomic mass is 10.1. The Bertz CT molecular complexity index is 498. The molecule has 0 saturated carbocycles. The van der Waals surface area contributed by atoms with E-state index in [1.54, 1.807) is 24.3 Å². The van der Waals surface area contributed by atoms with Crippen LogP contribution in [0.4, 0.5) is 0 Å². The third kappa shape index (κ3) is 4.69. The van der Waals surface area contributed by atoms with Crippen molar-refractivity contribution in [1.82, 2.24) is 10.6 Å². The number of benzene rings is 1. The second kappa shape index (κ2) is 7.25. The highest BCUT2D eigenvalue weighted by atomic mass is 16.4. The predicted octanol–water partition coefficient (Wildman–Crippen LogP) is -0.713. The lowest BCUT2D eigenvalue weighted by Crippen LogP contribution is -2.47. The van der Waals surface area contributed by atoms with Crippen LogP contribution in [0, 0.1) is 6.92 Å². The Morgan fingerprint density at radius 2 is 1.80 bits per heavy atom. The summed E-state index contributed by atoms with van der Waals surface area (Å²) >= 11 is 0. The molecule has 4 N–H and O–H groups in total. The number of carbonyl (C=O) groups is 3. The number of aliphatic hydroxyl groups excluding tert-OH is 1. The minimum Gasteiger partial charge on any atom is -0.480 e. The van der Waals surface area contributed by atoms with E-state index in [4.69, 9.17) is 10.2 Å².